The molecule has 168 valence electrons. The van der Waals surface area contributed by atoms with Crippen molar-refractivity contribution in [3.63, 3.8) is 0 Å². The van der Waals surface area contributed by atoms with Crippen LogP contribution in [0.15, 0.2) is 47.4 Å². The van der Waals surface area contributed by atoms with E-state index in [2.05, 4.69) is 10.0 Å². The third-order valence-corrected chi connectivity index (χ3v) is 7.23. The van der Waals surface area contributed by atoms with Crippen molar-refractivity contribution in [3.05, 3.63) is 58.9 Å². The molecule has 1 amide bonds. The summed E-state index contributed by atoms with van der Waals surface area (Å²) in [5.74, 6) is -0.825. The van der Waals surface area contributed by atoms with Gasteiger partial charge in [-0.15, -0.1) is 0 Å². The molecule has 2 aromatic carbocycles. The van der Waals surface area contributed by atoms with E-state index in [4.69, 9.17) is 11.6 Å². The van der Waals surface area contributed by atoms with Crippen molar-refractivity contribution in [3.8, 4) is 0 Å². The third-order valence-electron chi connectivity index (χ3n) is 5.56. The number of piperidine rings is 1. The molecule has 2 atom stereocenters. The van der Waals surface area contributed by atoms with Crippen LogP contribution in [0.25, 0.3) is 0 Å². The number of halogens is 2. The van der Waals surface area contributed by atoms with Gasteiger partial charge in [0.05, 0.1) is 16.6 Å². The van der Waals surface area contributed by atoms with E-state index in [0.29, 0.717) is 13.1 Å². The number of sulfonamides is 1. The maximum Gasteiger partial charge on any atom is 0.241 e. The standard InChI is InChI=1S/C22H27ClFN3O3S/c1-15-5-8-19(9-6-15)31(29,30)25-13-17-4-3-11-27(14-17)16(2)22(28)26-21-10-7-18(23)12-20(21)24/h5-10,12,16-17,25H,3-4,11,13-14H2,1-2H3,(H,26,28). The van der Waals surface area contributed by atoms with Gasteiger partial charge < -0.3 is 5.32 Å². The van der Waals surface area contributed by atoms with Crippen LogP contribution >= 0.6 is 11.6 Å². The molecule has 1 aliphatic rings. The summed E-state index contributed by atoms with van der Waals surface area (Å²) in [7, 11) is -3.58. The summed E-state index contributed by atoms with van der Waals surface area (Å²) >= 11 is 5.75. The second-order valence-electron chi connectivity index (χ2n) is 7.96. The topological polar surface area (TPSA) is 78.5 Å². The van der Waals surface area contributed by atoms with Crippen LogP contribution in [0.1, 0.15) is 25.3 Å². The lowest BCUT2D eigenvalue weighted by Crippen LogP contribution is -2.49. The van der Waals surface area contributed by atoms with E-state index >= 15 is 0 Å². The summed E-state index contributed by atoms with van der Waals surface area (Å²) < 4.78 is 41.7. The molecular formula is C22H27ClFN3O3S. The Morgan fingerprint density at radius 2 is 1.97 bits per heavy atom. The number of carbonyl (C=O) groups excluding carboxylic acids is 1. The molecule has 1 fully saturated rings. The van der Waals surface area contributed by atoms with Gasteiger partial charge in [-0.2, -0.15) is 0 Å². The van der Waals surface area contributed by atoms with Crippen LogP contribution in [0.2, 0.25) is 5.02 Å². The van der Waals surface area contributed by atoms with Gasteiger partial charge in [0.2, 0.25) is 15.9 Å². The Labute approximate surface area is 187 Å². The zero-order chi connectivity index (χ0) is 22.6. The van der Waals surface area contributed by atoms with Gasteiger partial charge in [-0.25, -0.2) is 17.5 Å². The van der Waals surface area contributed by atoms with Crippen LogP contribution in [0, 0.1) is 18.7 Å². The van der Waals surface area contributed by atoms with E-state index in [-0.39, 0.29) is 27.4 Å². The smallest absolute Gasteiger partial charge is 0.241 e. The van der Waals surface area contributed by atoms with Gasteiger partial charge in [0.1, 0.15) is 5.82 Å². The fourth-order valence-corrected chi connectivity index (χ4v) is 4.91. The number of hydrogen-bond donors (Lipinski definition) is 2. The van der Waals surface area contributed by atoms with Gasteiger partial charge in [-0.1, -0.05) is 29.3 Å². The highest BCUT2D eigenvalue weighted by molar-refractivity contribution is 7.89. The number of nitrogens with zero attached hydrogens (tertiary/aromatic N) is 1. The van der Waals surface area contributed by atoms with Crippen molar-refractivity contribution in [2.75, 3.05) is 25.0 Å². The van der Waals surface area contributed by atoms with Gasteiger partial charge in [0.25, 0.3) is 0 Å². The normalized spacial score (nSPS) is 18.5. The monoisotopic (exact) mass is 467 g/mol. The number of anilines is 1. The second-order valence-corrected chi connectivity index (χ2v) is 10.2. The molecular weight excluding hydrogens is 441 g/mol. The number of nitrogens with one attached hydrogen (secondary N) is 2. The molecule has 2 N–H and O–H groups in total. The highest BCUT2D eigenvalue weighted by Crippen LogP contribution is 2.22. The van der Waals surface area contributed by atoms with Crippen LogP contribution in [-0.4, -0.2) is 44.9 Å². The van der Waals surface area contributed by atoms with Crippen molar-refractivity contribution >= 4 is 33.2 Å². The van der Waals surface area contributed by atoms with Crippen molar-refractivity contribution in [1.82, 2.24) is 9.62 Å². The molecule has 31 heavy (non-hydrogen) atoms. The molecule has 6 nitrogen and oxygen atoms in total. The summed E-state index contributed by atoms with van der Waals surface area (Å²) in [4.78, 5) is 14.9. The minimum Gasteiger partial charge on any atom is -0.322 e. The van der Waals surface area contributed by atoms with Gasteiger partial charge >= 0.3 is 0 Å². The molecule has 1 saturated heterocycles. The molecule has 0 aliphatic carbocycles. The molecule has 2 unspecified atom stereocenters. The Morgan fingerprint density at radius 1 is 1.26 bits per heavy atom. The first kappa shape index (κ1) is 23.7. The summed E-state index contributed by atoms with van der Waals surface area (Å²) in [6.07, 6.45) is 1.72. The minimum atomic E-state index is -3.58. The Morgan fingerprint density at radius 3 is 2.65 bits per heavy atom. The van der Waals surface area contributed by atoms with Crippen molar-refractivity contribution < 1.29 is 17.6 Å². The molecule has 1 aliphatic heterocycles. The highest BCUT2D eigenvalue weighted by atomic mass is 35.5. The molecule has 1 heterocycles. The quantitative estimate of drug-likeness (QED) is 0.649. The summed E-state index contributed by atoms with van der Waals surface area (Å²) in [5.41, 5.74) is 1.08. The number of carbonyl (C=O) groups is 1. The van der Waals surface area contributed by atoms with Gasteiger partial charge in [-0.3, -0.25) is 9.69 Å². The number of benzene rings is 2. The van der Waals surface area contributed by atoms with Crippen molar-refractivity contribution in [1.29, 1.82) is 0 Å². The molecule has 0 aromatic heterocycles. The van der Waals surface area contributed by atoms with Gasteiger partial charge in [0.15, 0.2) is 0 Å². The Kier molecular flexibility index (Phi) is 7.69. The largest absolute Gasteiger partial charge is 0.322 e. The van der Waals surface area contributed by atoms with Gasteiger partial charge in [-0.05, 0) is 69.5 Å². The highest BCUT2D eigenvalue weighted by Gasteiger charge is 2.28. The molecule has 9 heteroatoms. The van der Waals surface area contributed by atoms with E-state index in [1.54, 1.807) is 31.2 Å². The lowest BCUT2D eigenvalue weighted by Gasteiger charge is -2.36. The first-order valence-corrected chi connectivity index (χ1v) is 12.1. The predicted molar refractivity (Wildman–Crippen MR) is 120 cm³/mol. The van der Waals surface area contributed by atoms with E-state index < -0.39 is 21.9 Å². The maximum absolute atomic E-state index is 14.0. The number of hydrogen-bond acceptors (Lipinski definition) is 4. The molecule has 2 aromatic rings. The first-order chi connectivity index (χ1) is 14.7. The van der Waals surface area contributed by atoms with Crippen LogP contribution < -0.4 is 10.0 Å². The first-order valence-electron chi connectivity index (χ1n) is 10.2. The minimum absolute atomic E-state index is 0.0801. The van der Waals surface area contributed by atoms with Crippen LogP contribution in [0.4, 0.5) is 10.1 Å². The summed E-state index contributed by atoms with van der Waals surface area (Å²) in [5, 5.41) is 2.87. The van der Waals surface area contributed by atoms with Crippen LogP contribution in [0.3, 0.4) is 0 Å². The van der Waals surface area contributed by atoms with E-state index in [1.165, 1.54) is 12.1 Å². The van der Waals surface area contributed by atoms with Crippen molar-refractivity contribution in [2.24, 2.45) is 5.92 Å². The molecule has 3 rings (SSSR count). The van der Waals surface area contributed by atoms with E-state index in [9.17, 15) is 17.6 Å². The zero-order valence-corrected chi connectivity index (χ0v) is 19.1. The lowest BCUT2D eigenvalue weighted by molar-refractivity contribution is -0.121. The third kappa shape index (κ3) is 6.26. The van der Waals surface area contributed by atoms with Crippen LogP contribution in [0.5, 0.6) is 0 Å². The second kappa shape index (κ2) is 10.1. The fourth-order valence-electron chi connectivity index (χ4n) is 3.64. The predicted octanol–water partition coefficient (Wildman–Crippen LogP) is 3.81. The average molecular weight is 468 g/mol. The number of rotatable bonds is 7. The van der Waals surface area contributed by atoms with Gasteiger partial charge in [0, 0.05) is 18.1 Å². The molecule has 0 radical (unpaired) electrons. The number of aryl methyl sites for hydroxylation is 1. The number of amides is 1. The molecule has 0 saturated carbocycles. The zero-order valence-electron chi connectivity index (χ0n) is 17.6. The van der Waals surface area contributed by atoms with Crippen molar-refractivity contribution in [2.45, 2.75) is 37.6 Å². The Bertz CT molecular complexity index is 1030. The average Bonchev–Trinajstić information content (AvgIpc) is 2.74. The Balaban J connectivity index is 1.56. The maximum atomic E-state index is 14.0. The summed E-state index contributed by atoms with van der Waals surface area (Å²) in [6.45, 7) is 5.26. The van der Waals surface area contributed by atoms with Crippen LogP contribution in [-0.2, 0) is 14.8 Å². The fraction of sp³-hybridized carbons (Fsp3) is 0.409. The molecule has 0 spiro atoms. The Hall–Kier alpha value is -2.00. The lowest BCUT2D eigenvalue weighted by atomic mass is 9.97. The SMILES string of the molecule is Cc1ccc(S(=O)(=O)NCC2CCCN(C(C)C(=O)Nc3ccc(Cl)cc3F)C2)cc1. The summed E-state index contributed by atoms with van der Waals surface area (Å²) in [6, 6.07) is 10.3. The van der Waals surface area contributed by atoms with E-state index in [0.717, 1.165) is 31.0 Å². The molecule has 0 bridgehead atoms. The number of likely N-dealkylation sites (tertiary alicyclic amines) is 1. The van der Waals surface area contributed by atoms with E-state index in [1.807, 2.05) is 11.8 Å².